The predicted molar refractivity (Wildman–Crippen MR) is 87.6 cm³/mol. The first-order chi connectivity index (χ1) is 10.1. The average Bonchev–Trinajstić information content (AvgIpc) is 2.46. The molecule has 0 radical (unpaired) electrons. The van der Waals surface area contributed by atoms with Gasteiger partial charge in [0.05, 0.1) is 0 Å². The maximum atomic E-state index is 5.86. The second-order valence-corrected chi connectivity index (χ2v) is 5.66. The van der Waals surface area contributed by atoms with Crippen LogP contribution in [0.1, 0.15) is 11.1 Å². The maximum absolute atomic E-state index is 5.86. The molecule has 0 bridgehead atoms. The summed E-state index contributed by atoms with van der Waals surface area (Å²) in [6.45, 7) is 2.50. The van der Waals surface area contributed by atoms with Crippen molar-refractivity contribution in [1.82, 2.24) is 0 Å². The van der Waals surface area contributed by atoms with Crippen LogP contribution >= 0.6 is 23.8 Å². The van der Waals surface area contributed by atoms with E-state index < -0.39 is 0 Å². The number of aryl methyl sites for hydroxylation is 1. The van der Waals surface area contributed by atoms with Gasteiger partial charge in [0, 0.05) is 16.5 Å². The summed E-state index contributed by atoms with van der Waals surface area (Å²) in [5.74, 6) is 0.751. The van der Waals surface area contributed by atoms with Crippen LogP contribution in [0.15, 0.2) is 52.9 Å². The first-order valence-corrected chi connectivity index (χ1v) is 7.32. The Balaban J connectivity index is 1.84. The van der Waals surface area contributed by atoms with E-state index >= 15 is 0 Å². The second kappa shape index (κ2) is 5.88. The third kappa shape index (κ3) is 3.26. The van der Waals surface area contributed by atoms with Crippen LogP contribution in [0.4, 0.5) is 0 Å². The maximum Gasteiger partial charge on any atom is 0.191 e. The molecule has 0 atom stereocenters. The number of rotatable bonds is 3. The first kappa shape index (κ1) is 14.1. The van der Waals surface area contributed by atoms with E-state index in [0.717, 1.165) is 32.9 Å². The molecule has 0 aliphatic heterocycles. The van der Waals surface area contributed by atoms with Crippen molar-refractivity contribution < 1.29 is 9.15 Å². The van der Waals surface area contributed by atoms with Crippen molar-refractivity contribution in [1.29, 1.82) is 0 Å². The highest BCUT2D eigenvalue weighted by molar-refractivity contribution is 7.71. The van der Waals surface area contributed by atoms with Crippen LogP contribution in [0.25, 0.3) is 11.0 Å². The van der Waals surface area contributed by atoms with Gasteiger partial charge in [-0.15, -0.1) is 0 Å². The highest BCUT2D eigenvalue weighted by Gasteiger charge is 2.03. The fourth-order valence-electron chi connectivity index (χ4n) is 2.14. The Hall–Kier alpha value is -1.84. The SMILES string of the molecule is Cc1cc(=S)oc2cc(OCc3ccc(Cl)cc3)ccc12. The summed E-state index contributed by atoms with van der Waals surface area (Å²) < 4.78 is 11.8. The highest BCUT2D eigenvalue weighted by atomic mass is 35.5. The van der Waals surface area contributed by atoms with E-state index in [1.807, 2.05) is 55.5 Å². The zero-order valence-electron chi connectivity index (χ0n) is 11.4. The van der Waals surface area contributed by atoms with Gasteiger partial charge in [0.25, 0.3) is 0 Å². The van der Waals surface area contributed by atoms with E-state index in [1.165, 1.54) is 0 Å². The molecule has 2 nitrogen and oxygen atoms in total. The minimum atomic E-state index is 0.481. The van der Waals surface area contributed by atoms with Crippen molar-refractivity contribution in [3.05, 3.63) is 69.4 Å². The molecule has 4 heteroatoms. The molecule has 1 heterocycles. The van der Waals surface area contributed by atoms with Gasteiger partial charge < -0.3 is 9.15 Å². The van der Waals surface area contributed by atoms with Gasteiger partial charge in [-0.2, -0.15) is 0 Å². The smallest absolute Gasteiger partial charge is 0.191 e. The van der Waals surface area contributed by atoms with Crippen molar-refractivity contribution in [2.24, 2.45) is 0 Å². The molecule has 2 aromatic carbocycles. The van der Waals surface area contributed by atoms with Crippen LogP contribution in [-0.4, -0.2) is 0 Å². The van der Waals surface area contributed by atoms with Gasteiger partial charge >= 0.3 is 0 Å². The molecule has 0 unspecified atom stereocenters. The molecular formula is C17H13ClO2S. The fraction of sp³-hybridized carbons (Fsp3) is 0.118. The third-order valence-electron chi connectivity index (χ3n) is 3.24. The summed E-state index contributed by atoms with van der Waals surface area (Å²) >= 11 is 11.0. The molecule has 1 aromatic heterocycles. The van der Waals surface area contributed by atoms with Gasteiger partial charge in [-0.05, 0) is 60.6 Å². The number of hydrogen-bond donors (Lipinski definition) is 0. The Labute approximate surface area is 132 Å². The quantitative estimate of drug-likeness (QED) is 0.578. The van der Waals surface area contributed by atoms with E-state index in [9.17, 15) is 0 Å². The molecule has 0 saturated heterocycles. The summed E-state index contributed by atoms with van der Waals surface area (Å²) in [6, 6.07) is 15.2. The molecule has 3 rings (SSSR count). The Morgan fingerprint density at radius 2 is 1.86 bits per heavy atom. The lowest BCUT2D eigenvalue weighted by Gasteiger charge is -2.08. The van der Waals surface area contributed by atoms with Crippen LogP contribution in [0.2, 0.25) is 5.02 Å². The number of halogens is 1. The van der Waals surface area contributed by atoms with Gasteiger partial charge in [-0.3, -0.25) is 0 Å². The average molecular weight is 317 g/mol. The predicted octanol–water partition coefficient (Wildman–Crippen LogP) is 5.70. The van der Waals surface area contributed by atoms with Gasteiger partial charge in [0.15, 0.2) is 4.71 Å². The summed E-state index contributed by atoms with van der Waals surface area (Å²) in [7, 11) is 0. The van der Waals surface area contributed by atoms with Crippen LogP contribution in [0.5, 0.6) is 5.75 Å². The summed E-state index contributed by atoms with van der Waals surface area (Å²) in [4.78, 5) is 0. The summed E-state index contributed by atoms with van der Waals surface area (Å²) in [5, 5.41) is 1.76. The summed E-state index contributed by atoms with van der Waals surface area (Å²) in [6.07, 6.45) is 0. The largest absolute Gasteiger partial charge is 0.489 e. The van der Waals surface area contributed by atoms with E-state index in [1.54, 1.807) is 0 Å². The number of ether oxygens (including phenoxy) is 1. The lowest BCUT2D eigenvalue weighted by atomic mass is 10.1. The lowest BCUT2D eigenvalue weighted by molar-refractivity contribution is 0.306. The Kier molecular flexibility index (Phi) is 3.95. The standard InChI is InChI=1S/C17H13ClO2S/c1-11-8-17(21)20-16-9-14(6-7-15(11)16)19-10-12-2-4-13(18)5-3-12/h2-9H,10H2,1H3. The minimum Gasteiger partial charge on any atom is -0.489 e. The lowest BCUT2D eigenvalue weighted by Crippen LogP contribution is -1.95. The molecular weight excluding hydrogens is 304 g/mol. The Morgan fingerprint density at radius 3 is 2.62 bits per heavy atom. The molecule has 0 spiro atoms. The van der Waals surface area contributed by atoms with E-state index in [-0.39, 0.29) is 0 Å². The molecule has 0 amide bonds. The fourth-order valence-corrected chi connectivity index (χ4v) is 2.53. The highest BCUT2D eigenvalue weighted by Crippen LogP contribution is 2.24. The molecule has 0 aliphatic rings. The minimum absolute atomic E-state index is 0.481. The number of hydrogen-bond acceptors (Lipinski definition) is 3. The zero-order chi connectivity index (χ0) is 14.8. The monoisotopic (exact) mass is 316 g/mol. The van der Waals surface area contributed by atoms with Crippen LogP contribution in [0.3, 0.4) is 0 Å². The van der Waals surface area contributed by atoms with Crippen molar-refractivity contribution >= 4 is 34.8 Å². The molecule has 106 valence electrons. The molecule has 0 N–H and O–H groups in total. The van der Waals surface area contributed by atoms with E-state index in [4.69, 9.17) is 33.0 Å². The van der Waals surface area contributed by atoms with Crippen molar-refractivity contribution in [2.45, 2.75) is 13.5 Å². The topological polar surface area (TPSA) is 22.4 Å². The van der Waals surface area contributed by atoms with Gasteiger partial charge in [-0.1, -0.05) is 23.7 Å². The zero-order valence-corrected chi connectivity index (χ0v) is 13.0. The van der Waals surface area contributed by atoms with Gasteiger partial charge in [-0.25, -0.2) is 0 Å². The number of fused-ring (bicyclic) bond motifs is 1. The van der Waals surface area contributed by atoms with E-state index in [0.29, 0.717) is 11.3 Å². The molecule has 0 aliphatic carbocycles. The summed E-state index contributed by atoms with van der Waals surface area (Å²) in [5.41, 5.74) is 2.91. The van der Waals surface area contributed by atoms with Gasteiger partial charge in [0.1, 0.15) is 17.9 Å². The van der Waals surface area contributed by atoms with Crippen molar-refractivity contribution in [3.63, 3.8) is 0 Å². The Bertz CT molecular complexity index is 838. The molecule has 0 fully saturated rings. The molecule has 21 heavy (non-hydrogen) atoms. The van der Waals surface area contributed by atoms with E-state index in [2.05, 4.69) is 0 Å². The van der Waals surface area contributed by atoms with Gasteiger partial charge in [0.2, 0.25) is 0 Å². The van der Waals surface area contributed by atoms with Crippen molar-refractivity contribution in [2.75, 3.05) is 0 Å². The first-order valence-electron chi connectivity index (χ1n) is 6.53. The third-order valence-corrected chi connectivity index (χ3v) is 3.69. The molecule has 0 saturated carbocycles. The van der Waals surface area contributed by atoms with Crippen molar-refractivity contribution in [3.8, 4) is 5.75 Å². The van der Waals surface area contributed by atoms with Crippen LogP contribution in [-0.2, 0) is 6.61 Å². The second-order valence-electron chi connectivity index (χ2n) is 4.82. The number of benzene rings is 2. The Morgan fingerprint density at radius 1 is 1.10 bits per heavy atom. The van der Waals surface area contributed by atoms with Crippen LogP contribution in [0, 0.1) is 11.6 Å². The molecule has 3 aromatic rings. The van der Waals surface area contributed by atoms with Crippen LogP contribution < -0.4 is 4.74 Å². The normalized spacial score (nSPS) is 10.8.